The molecule has 3 rings (SSSR count). The zero-order valence-electron chi connectivity index (χ0n) is 9.50. The Kier molecular flexibility index (Phi) is 2.69. The highest BCUT2D eigenvalue weighted by atomic mass is 32.2. The maximum absolute atomic E-state index is 12.0. The lowest BCUT2D eigenvalue weighted by Gasteiger charge is -2.31. The first kappa shape index (κ1) is 11.2. The Bertz CT molecular complexity index is 520. The van der Waals surface area contributed by atoms with Crippen molar-refractivity contribution < 1.29 is 13.2 Å². The number of sulfone groups is 1. The molecule has 2 heterocycles. The van der Waals surface area contributed by atoms with Gasteiger partial charge < -0.3 is 4.74 Å². The molecule has 1 atom stereocenters. The molecule has 0 spiro atoms. The first-order valence-corrected chi connectivity index (χ1v) is 7.47. The SMILES string of the molecule is O=S1(=O)C[C@H](N2CCOCC2)c2ccccc21. The molecule has 17 heavy (non-hydrogen) atoms. The van der Waals surface area contributed by atoms with Crippen LogP contribution in [-0.4, -0.2) is 45.4 Å². The van der Waals surface area contributed by atoms with Crippen LogP contribution in [0.25, 0.3) is 0 Å². The van der Waals surface area contributed by atoms with Gasteiger partial charge in [-0.15, -0.1) is 0 Å². The van der Waals surface area contributed by atoms with Gasteiger partial charge in [0.15, 0.2) is 9.84 Å². The number of ether oxygens (including phenoxy) is 1. The molecule has 0 saturated carbocycles. The summed E-state index contributed by atoms with van der Waals surface area (Å²) in [4.78, 5) is 2.73. The van der Waals surface area contributed by atoms with Gasteiger partial charge in [-0.05, 0) is 11.6 Å². The molecular weight excluding hydrogens is 238 g/mol. The van der Waals surface area contributed by atoms with Crippen molar-refractivity contribution >= 4 is 9.84 Å². The predicted molar refractivity (Wildman–Crippen MR) is 63.6 cm³/mol. The summed E-state index contributed by atoms with van der Waals surface area (Å²) in [5, 5.41) is 0. The summed E-state index contributed by atoms with van der Waals surface area (Å²) in [7, 11) is -3.09. The number of morpholine rings is 1. The number of hydrogen-bond acceptors (Lipinski definition) is 4. The molecule has 0 amide bonds. The zero-order valence-corrected chi connectivity index (χ0v) is 10.3. The zero-order chi connectivity index (χ0) is 11.9. The van der Waals surface area contributed by atoms with Crippen LogP contribution in [0.15, 0.2) is 29.2 Å². The van der Waals surface area contributed by atoms with Gasteiger partial charge in [0.25, 0.3) is 0 Å². The van der Waals surface area contributed by atoms with Crippen molar-refractivity contribution in [2.24, 2.45) is 0 Å². The van der Waals surface area contributed by atoms with E-state index in [9.17, 15) is 8.42 Å². The Labute approximate surface area is 101 Å². The summed E-state index contributed by atoms with van der Waals surface area (Å²) in [6, 6.07) is 7.36. The largest absolute Gasteiger partial charge is 0.379 e. The first-order valence-electron chi connectivity index (χ1n) is 5.82. The number of nitrogens with zero attached hydrogens (tertiary/aromatic N) is 1. The van der Waals surface area contributed by atoms with Crippen molar-refractivity contribution in [1.29, 1.82) is 0 Å². The van der Waals surface area contributed by atoms with Gasteiger partial charge in [-0.3, -0.25) is 4.90 Å². The first-order chi connectivity index (χ1) is 8.18. The standard InChI is InChI=1S/C12H15NO3S/c14-17(15)9-11(13-5-7-16-8-6-13)10-3-1-2-4-12(10)17/h1-4,11H,5-9H2/t11-/m0/s1. The van der Waals surface area contributed by atoms with Crippen LogP contribution in [-0.2, 0) is 14.6 Å². The second-order valence-corrected chi connectivity index (χ2v) is 6.49. The van der Waals surface area contributed by atoms with Crippen LogP contribution >= 0.6 is 0 Å². The van der Waals surface area contributed by atoms with E-state index < -0.39 is 9.84 Å². The molecule has 2 aliphatic rings. The summed E-state index contributed by atoms with van der Waals surface area (Å²) in [6.07, 6.45) is 0. The van der Waals surface area contributed by atoms with Crippen molar-refractivity contribution in [3.63, 3.8) is 0 Å². The van der Waals surface area contributed by atoms with E-state index in [1.54, 1.807) is 12.1 Å². The average molecular weight is 253 g/mol. The van der Waals surface area contributed by atoms with Crippen molar-refractivity contribution in [3.05, 3.63) is 29.8 Å². The molecule has 0 unspecified atom stereocenters. The monoisotopic (exact) mass is 253 g/mol. The highest BCUT2D eigenvalue weighted by molar-refractivity contribution is 7.91. The fourth-order valence-corrected chi connectivity index (χ4v) is 4.45. The molecule has 2 aliphatic heterocycles. The van der Waals surface area contributed by atoms with Gasteiger partial charge >= 0.3 is 0 Å². The van der Waals surface area contributed by atoms with E-state index in [0.717, 1.165) is 18.7 Å². The molecule has 1 aromatic carbocycles. The summed E-state index contributed by atoms with van der Waals surface area (Å²) >= 11 is 0. The Morgan fingerprint density at radius 3 is 2.65 bits per heavy atom. The summed E-state index contributed by atoms with van der Waals surface area (Å²) in [6.45, 7) is 3.01. The minimum absolute atomic E-state index is 0.0140. The molecule has 0 radical (unpaired) electrons. The second-order valence-electron chi connectivity index (χ2n) is 4.48. The summed E-state index contributed by atoms with van der Waals surface area (Å²) in [5.74, 6) is 0.215. The van der Waals surface area contributed by atoms with Crippen molar-refractivity contribution in [3.8, 4) is 0 Å². The molecule has 5 heteroatoms. The maximum atomic E-state index is 12.0. The van der Waals surface area contributed by atoms with Crippen molar-refractivity contribution in [2.75, 3.05) is 32.1 Å². The lowest BCUT2D eigenvalue weighted by Crippen LogP contribution is -2.39. The number of hydrogen-bond donors (Lipinski definition) is 0. The molecule has 0 aliphatic carbocycles. The van der Waals surface area contributed by atoms with Crippen LogP contribution in [0.4, 0.5) is 0 Å². The Hall–Kier alpha value is -0.910. The Morgan fingerprint density at radius 1 is 1.18 bits per heavy atom. The van der Waals surface area contributed by atoms with E-state index in [0.29, 0.717) is 18.1 Å². The Morgan fingerprint density at radius 2 is 1.88 bits per heavy atom. The number of fused-ring (bicyclic) bond motifs is 1. The molecular formula is C12H15NO3S. The van der Waals surface area contributed by atoms with Gasteiger partial charge in [-0.2, -0.15) is 0 Å². The second kappa shape index (κ2) is 4.08. The minimum atomic E-state index is -3.09. The van der Waals surface area contributed by atoms with Crippen LogP contribution in [0.5, 0.6) is 0 Å². The van der Waals surface area contributed by atoms with Gasteiger partial charge in [0, 0.05) is 13.1 Å². The molecule has 92 valence electrons. The van der Waals surface area contributed by atoms with Crippen LogP contribution < -0.4 is 0 Å². The van der Waals surface area contributed by atoms with Gasteiger partial charge in [0.05, 0.1) is 29.9 Å². The lowest BCUT2D eigenvalue weighted by molar-refractivity contribution is 0.0208. The maximum Gasteiger partial charge on any atom is 0.180 e. The lowest BCUT2D eigenvalue weighted by atomic mass is 10.1. The van der Waals surface area contributed by atoms with E-state index in [4.69, 9.17) is 4.74 Å². The number of benzene rings is 1. The fourth-order valence-electron chi connectivity index (χ4n) is 2.62. The highest BCUT2D eigenvalue weighted by Gasteiger charge is 2.37. The summed E-state index contributed by atoms with van der Waals surface area (Å²) < 4.78 is 29.4. The Balaban J connectivity index is 1.99. The molecule has 1 aromatic rings. The smallest absolute Gasteiger partial charge is 0.180 e. The summed E-state index contributed by atoms with van der Waals surface area (Å²) in [5.41, 5.74) is 0.953. The molecule has 1 saturated heterocycles. The van der Waals surface area contributed by atoms with Gasteiger partial charge in [-0.1, -0.05) is 18.2 Å². The van der Waals surface area contributed by atoms with E-state index in [-0.39, 0.29) is 11.8 Å². The van der Waals surface area contributed by atoms with Crippen molar-refractivity contribution in [1.82, 2.24) is 4.90 Å². The van der Waals surface area contributed by atoms with Crippen molar-refractivity contribution in [2.45, 2.75) is 10.9 Å². The van der Waals surface area contributed by atoms with E-state index in [1.165, 1.54) is 0 Å². The average Bonchev–Trinajstić information content (AvgIpc) is 2.64. The van der Waals surface area contributed by atoms with Crippen LogP contribution in [0, 0.1) is 0 Å². The van der Waals surface area contributed by atoms with Gasteiger partial charge in [-0.25, -0.2) is 8.42 Å². The van der Waals surface area contributed by atoms with Gasteiger partial charge in [0.1, 0.15) is 0 Å². The van der Waals surface area contributed by atoms with E-state index in [2.05, 4.69) is 4.90 Å². The normalized spacial score (nSPS) is 27.9. The predicted octanol–water partition coefficient (Wildman–Crippen LogP) is 0.847. The van der Waals surface area contributed by atoms with Crippen LogP contribution in [0.2, 0.25) is 0 Å². The quantitative estimate of drug-likeness (QED) is 0.744. The molecule has 1 fully saturated rings. The number of rotatable bonds is 1. The molecule has 0 aromatic heterocycles. The van der Waals surface area contributed by atoms with E-state index >= 15 is 0 Å². The third kappa shape index (κ3) is 1.88. The molecule has 0 bridgehead atoms. The van der Waals surface area contributed by atoms with E-state index in [1.807, 2.05) is 12.1 Å². The molecule has 0 N–H and O–H groups in total. The third-order valence-electron chi connectivity index (χ3n) is 3.48. The minimum Gasteiger partial charge on any atom is -0.379 e. The van der Waals surface area contributed by atoms with Gasteiger partial charge in [0.2, 0.25) is 0 Å². The topological polar surface area (TPSA) is 46.6 Å². The third-order valence-corrected chi connectivity index (χ3v) is 5.27. The van der Waals surface area contributed by atoms with Crippen LogP contribution in [0.1, 0.15) is 11.6 Å². The highest BCUT2D eigenvalue weighted by Crippen LogP contribution is 2.37. The van der Waals surface area contributed by atoms with Crippen LogP contribution in [0.3, 0.4) is 0 Å². The molecule has 4 nitrogen and oxygen atoms in total. The fraction of sp³-hybridized carbons (Fsp3) is 0.500.